The number of thiophene rings is 1. The molecule has 4 heteroatoms. The molecule has 0 aromatic carbocycles. The van der Waals surface area contributed by atoms with E-state index >= 15 is 0 Å². The fraction of sp³-hybridized carbons (Fsp3) is 0.375. The van der Waals surface area contributed by atoms with Crippen LogP contribution < -0.4 is 5.48 Å². The summed E-state index contributed by atoms with van der Waals surface area (Å²) >= 11 is 1.48. The monoisotopic (exact) mass is 180 g/mol. The number of hydrogen-bond donors (Lipinski definition) is 1. The van der Waals surface area contributed by atoms with E-state index in [1.54, 1.807) is 0 Å². The first kappa shape index (κ1) is 7.74. The lowest BCUT2D eigenvalue weighted by Gasteiger charge is -2.03. The van der Waals surface area contributed by atoms with E-state index < -0.39 is 0 Å². The summed E-state index contributed by atoms with van der Waals surface area (Å²) in [5, 5.41) is 10.6. The molecule has 2 heterocycles. The molecule has 3 nitrogen and oxygen atoms in total. The van der Waals surface area contributed by atoms with Crippen molar-refractivity contribution in [2.75, 3.05) is 6.61 Å². The van der Waals surface area contributed by atoms with Gasteiger partial charge in [0.15, 0.2) is 0 Å². The predicted molar refractivity (Wildman–Crippen MR) is 45.5 cm³/mol. The Morgan fingerprint density at radius 1 is 1.75 bits per heavy atom. The Morgan fingerprint density at radius 2 is 2.67 bits per heavy atom. The predicted octanol–water partition coefficient (Wildman–Crippen LogP) is 1.59. The number of nitrogens with one attached hydrogen (secondary N) is 1. The van der Waals surface area contributed by atoms with Gasteiger partial charge < -0.3 is 4.84 Å². The molecule has 0 bridgehead atoms. The Kier molecular flexibility index (Phi) is 2.09. The van der Waals surface area contributed by atoms with Crippen LogP contribution in [0.1, 0.15) is 22.9 Å². The molecule has 0 saturated carbocycles. The van der Waals surface area contributed by atoms with Crippen molar-refractivity contribution in [2.45, 2.75) is 12.5 Å². The van der Waals surface area contributed by atoms with Gasteiger partial charge in [-0.25, -0.2) is 0 Å². The molecule has 1 aliphatic heterocycles. The lowest BCUT2D eigenvalue weighted by atomic mass is 10.1. The van der Waals surface area contributed by atoms with Gasteiger partial charge in [-0.05, 0) is 23.4 Å². The van der Waals surface area contributed by atoms with Gasteiger partial charge in [0.2, 0.25) is 0 Å². The number of nitrogens with zero attached hydrogens (tertiary/aromatic N) is 1. The summed E-state index contributed by atoms with van der Waals surface area (Å²) in [4.78, 5) is 5.79. The smallest absolute Gasteiger partial charge is 0.110 e. The van der Waals surface area contributed by atoms with Gasteiger partial charge in [0.05, 0.1) is 12.6 Å². The van der Waals surface area contributed by atoms with Gasteiger partial charge in [0.25, 0.3) is 0 Å². The molecule has 1 aliphatic rings. The summed E-state index contributed by atoms with van der Waals surface area (Å²) in [5.74, 6) is 0. The van der Waals surface area contributed by atoms with Gasteiger partial charge in [0, 0.05) is 0 Å². The third-order valence-corrected chi connectivity index (χ3v) is 2.72. The summed E-state index contributed by atoms with van der Waals surface area (Å²) in [7, 11) is 0. The van der Waals surface area contributed by atoms with Crippen LogP contribution in [0.5, 0.6) is 0 Å². The molecule has 0 aliphatic carbocycles. The Hall–Kier alpha value is -0.890. The Balaban J connectivity index is 2.17. The number of hydrogen-bond acceptors (Lipinski definition) is 4. The van der Waals surface area contributed by atoms with Gasteiger partial charge in [-0.15, -0.1) is 11.3 Å². The number of nitriles is 1. The quantitative estimate of drug-likeness (QED) is 0.713. The number of rotatable bonds is 1. The van der Waals surface area contributed by atoms with Crippen molar-refractivity contribution >= 4 is 11.3 Å². The van der Waals surface area contributed by atoms with Crippen molar-refractivity contribution < 1.29 is 4.84 Å². The van der Waals surface area contributed by atoms with E-state index in [-0.39, 0.29) is 6.04 Å². The SMILES string of the molecule is N#Cc1cc([C@@H]2CCON2)cs1. The molecular weight excluding hydrogens is 172 g/mol. The second-order valence-electron chi connectivity index (χ2n) is 2.66. The van der Waals surface area contributed by atoms with Crippen LogP contribution in [0.25, 0.3) is 0 Å². The summed E-state index contributed by atoms with van der Waals surface area (Å²) in [6.07, 6.45) is 0.988. The van der Waals surface area contributed by atoms with Gasteiger partial charge in [0.1, 0.15) is 10.9 Å². The first-order chi connectivity index (χ1) is 5.90. The van der Waals surface area contributed by atoms with Gasteiger partial charge in [-0.1, -0.05) is 0 Å². The normalized spacial score (nSPS) is 22.4. The van der Waals surface area contributed by atoms with Crippen LogP contribution in [-0.4, -0.2) is 6.61 Å². The summed E-state index contributed by atoms with van der Waals surface area (Å²) in [5.41, 5.74) is 4.07. The lowest BCUT2D eigenvalue weighted by Crippen LogP contribution is -2.10. The van der Waals surface area contributed by atoms with Crippen LogP contribution in [0.15, 0.2) is 11.4 Å². The molecule has 2 rings (SSSR count). The first-order valence-corrected chi connectivity index (χ1v) is 4.64. The van der Waals surface area contributed by atoms with E-state index in [0.29, 0.717) is 0 Å². The maximum atomic E-state index is 8.60. The van der Waals surface area contributed by atoms with Crippen LogP contribution in [0.3, 0.4) is 0 Å². The fourth-order valence-corrected chi connectivity index (χ4v) is 1.97. The highest BCUT2D eigenvalue weighted by Gasteiger charge is 2.18. The molecule has 1 saturated heterocycles. The third kappa shape index (κ3) is 1.34. The molecule has 12 heavy (non-hydrogen) atoms. The summed E-state index contributed by atoms with van der Waals surface area (Å²) in [6, 6.07) is 4.32. The third-order valence-electron chi connectivity index (χ3n) is 1.87. The van der Waals surface area contributed by atoms with Crippen LogP contribution in [-0.2, 0) is 4.84 Å². The highest BCUT2D eigenvalue weighted by molar-refractivity contribution is 7.10. The Morgan fingerprint density at radius 3 is 3.25 bits per heavy atom. The minimum Gasteiger partial charge on any atom is -0.301 e. The summed E-state index contributed by atoms with van der Waals surface area (Å²) in [6.45, 7) is 0.752. The van der Waals surface area contributed by atoms with Crippen LogP contribution in [0.2, 0.25) is 0 Å². The minimum absolute atomic E-state index is 0.281. The zero-order chi connectivity index (χ0) is 8.39. The lowest BCUT2D eigenvalue weighted by molar-refractivity contribution is 0.0883. The van der Waals surface area contributed by atoms with Gasteiger partial charge in [-0.2, -0.15) is 10.7 Å². The number of hydroxylamine groups is 1. The van der Waals surface area contributed by atoms with Crippen molar-refractivity contribution in [2.24, 2.45) is 0 Å². The molecule has 0 spiro atoms. The topological polar surface area (TPSA) is 45.0 Å². The zero-order valence-corrected chi connectivity index (χ0v) is 7.23. The highest BCUT2D eigenvalue weighted by atomic mass is 32.1. The highest BCUT2D eigenvalue weighted by Crippen LogP contribution is 2.25. The zero-order valence-electron chi connectivity index (χ0n) is 6.41. The van der Waals surface area contributed by atoms with Crippen molar-refractivity contribution in [3.63, 3.8) is 0 Å². The molecule has 62 valence electrons. The van der Waals surface area contributed by atoms with E-state index in [1.165, 1.54) is 11.3 Å². The van der Waals surface area contributed by atoms with Gasteiger partial charge >= 0.3 is 0 Å². The maximum absolute atomic E-state index is 8.60. The van der Waals surface area contributed by atoms with E-state index in [0.717, 1.165) is 23.5 Å². The van der Waals surface area contributed by atoms with Crippen LogP contribution in [0.4, 0.5) is 0 Å². The van der Waals surface area contributed by atoms with E-state index in [9.17, 15) is 0 Å². The Bertz CT molecular complexity index is 309. The van der Waals surface area contributed by atoms with Crippen LogP contribution in [0, 0.1) is 11.3 Å². The standard InChI is InChI=1S/C8H8N2OS/c9-4-7-3-6(5-12-7)8-1-2-11-10-8/h3,5,8,10H,1-2H2/t8-/m0/s1. The molecule has 0 radical (unpaired) electrons. The van der Waals surface area contributed by atoms with E-state index in [2.05, 4.69) is 11.5 Å². The molecule has 1 N–H and O–H groups in total. The molecule has 0 amide bonds. The van der Waals surface area contributed by atoms with E-state index in [4.69, 9.17) is 10.1 Å². The van der Waals surface area contributed by atoms with Crippen molar-refractivity contribution in [1.82, 2.24) is 5.48 Å². The molecule has 1 fully saturated rings. The minimum atomic E-state index is 0.281. The summed E-state index contributed by atoms with van der Waals surface area (Å²) < 4.78 is 0. The molecule has 1 aromatic rings. The van der Waals surface area contributed by atoms with Gasteiger partial charge in [-0.3, -0.25) is 0 Å². The van der Waals surface area contributed by atoms with Crippen molar-refractivity contribution in [3.05, 3.63) is 21.9 Å². The average molecular weight is 180 g/mol. The second-order valence-corrected chi connectivity index (χ2v) is 3.57. The molecule has 1 aromatic heterocycles. The second kappa shape index (κ2) is 3.23. The molecule has 1 atom stereocenters. The molecular formula is C8H8N2OS. The van der Waals surface area contributed by atoms with E-state index in [1.807, 2.05) is 11.4 Å². The largest absolute Gasteiger partial charge is 0.301 e. The van der Waals surface area contributed by atoms with Crippen molar-refractivity contribution in [1.29, 1.82) is 5.26 Å². The fourth-order valence-electron chi connectivity index (χ4n) is 1.22. The average Bonchev–Trinajstić information content (AvgIpc) is 2.75. The molecule has 0 unspecified atom stereocenters. The first-order valence-electron chi connectivity index (χ1n) is 3.76. The van der Waals surface area contributed by atoms with Crippen molar-refractivity contribution in [3.8, 4) is 6.07 Å². The maximum Gasteiger partial charge on any atom is 0.110 e. The van der Waals surface area contributed by atoms with Crippen LogP contribution >= 0.6 is 11.3 Å². The Labute approximate surface area is 74.5 Å².